The van der Waals surface area contributed by atoms with Crippen LogP contribution in [0, 0.1) is 10.1 Å². The van der Waals surface area contributed by atoms with Gasteiger partial charge in [-0.05, 0) is 18.6 Å². The van der Waals surface area contributed by atoms with Crippen molar-refractivity contribution in [3.8, 4) is 5.69 Å². The number of aromatic carboxylic acids is 1. The summed E-state index contributed by atoms with van der Waals surface area (Å²) < 4.78 is 1.08. The van der Waals surface area contributed by atoms with Gasteiger partial charge < -0.3 is 10.2 Å². The Bertz CT molecular complexity index is 713. The number of halogens is 1. The SMILES string of the molecule is O=C(O)c1nn(-c2cc(Cl)ccc2[N+](=O)[O-])cc1CCO. The summed E-state index contributed by atoms with van der Waals surface area (Å²) in [5.41, 5.74) is -0.189. The van der Waals surface area contributed by atoms with Gasteiger partial charge in [0, 0.05) is 29.5 Å². The van der Waals surface area contributed by atoms with Crippen LogP contribution in [-0.2, 0) is 6.42 Å². The Labute approximate surface area is 123 Å². The molecule has 0 spiro atoms. The van der Waals surface area contributed by atoms with Gasteiger partial charge in [0.15, 0.2) is 5.69 Å². The highest BCUT2D eigenvalue weighted by molar-refractivity contribution is 6.30. The molecule has 1 aromatic carbocycles. The fourth-order valence-corrected chi connectivity index (χ4v) is 2.02. The van der Waals surface area contributed by atoms with Crippen LogP contribution in [0.3, 0.4) is 0 Å². The van der Waals surface area contributed by atoms with E-state index < -0.39 is 10.9 Å². The number of benzene rings is 1. The minimum Gasteiger partial charge on any atom is -0.476 e. The van der Waals surface area contributed by atoms with E-state index in [9.17, 15) is 14.9 Å². The largest absolute Gasteiger partial charge is 0.476 e. The first-order valence-electron chi connectivity index (χ1n) is 5.81. The highest BCUT2D eigenvalue weighted by Crippen LogP contribution is 2.26. The van der Waals surface area contributed by atoms with Crippen LogP contribution in [0.25, 0.3) is 5.69 Å². The molecule has 1 aromatic heterocycles. The van der Waals surface area contributed by atoms with Crippen molar-refractivity contribution in [2.45, 2.75) is 6.42 Å². The summed E-state index contributed by atoms with van der Waals surface area (Å²) in [6.07, 6.45) is 1.41. The first-order valence-corrected chi connectivity index (χ1v) is 6.19. The average Bonchev–Trinajstić information content (AvgIpc) is 2.83. The minimum atomic E-state index is -1.28. The van der Waals surface area contributed by atoms with Gasteiger partial charge in [-0.3, -0.25) is 10.1 Å². The second-order valence-corrected chi connectivity index (χ2v) is 4.55. The zero-order valence-corrected chi connectivity index (χ0v) is 11.3. The van der Waals surface area contributed by atoms with Crippen molar-refractivity contribution in [3.63, 3.8) is 0 Å². The lowest BCUT2D eigenvalue weighted by Gasteiger charge is -2.03. The van der Waals surface area contributed by atoms with Gasteiger partial charge in [0.25, 0.3) is 5.69 Å². The summed E-state index contributed by atoms with van der Waals surface area (Å²) in [7, 11) is 0. The number of aromatic nitrogens is 2. The number of nitrogens with zero attached hydrogens (tertiary/aromatic N) is 3. The third kappa shape index (κ3) is 3.01. The van der Waals surface area contributed by atoms with Gasteiger partial charge in [0.2, 0.25) is 0 Å². The minimum absolute atomic E-state index is 0.0548. The molecule has 0 aliphatic heterocycles. The van der Waals surface area contributed by atoms with Crippen LogP contribution in [0.4, 0.5) is 5.69 Å². The molecule has 0 bridgehead atoms. The lowest BCUT2D eigenvalue weighted by Crippen LogP contribution is -2.05. The maximum absolute atomic E-state index is 11.1. The molecule has 0 aliphatic rings. The monoisotopic (exact) mass is 311 g/mol. The molecule has 0 amide bonds. The molecular weight excluding hydrogens is 302 g/mol. The summed E-state index contributed by atoms with van der Waals surface area (Å²) in [5.74, 6) is -1.28. The molecule has 0 aliphatic carbocycles. The quantitative estimate of drug-likeness (QED) is 0.640. The molecule has 0 fully saturated rings. The summed E-state index contributed by atoms with van der Waals surface area (Å²) in [6, 6.07) is 3.89. The van der Waals surface area contributed by atoms with Crippen LogP contribution in [0.1, 0.15) is 16.1 Å². The second-order valence-electron chi connectivity index (χ2n) is 4.12. The maximum Gasteiger partial charge on any atom is 0.356 e. The van der Waals surface area contributed by atoms with E-state index in [1.165, 1.54) is 24.4 Å². The number of carboxylic acids is 1. The smallest absolute Gasteiger partial charge is 0.356 e. The van der Waals surface area contributed by atoms with Crippen LogP contribution < -0.4 is 0 Å². The first kappa shape index (κ1) is 14.9. The number of aliphatic hydroxyl groups is 1. The van der Waals surface area contributed by atoms with E-state index in [-0.39, 0.29) is 40.7 Å². The van der Waals surface area contributed by atoms with Gasteiger partial charge in [0.05, 0.1) is 4.92 Å². The maximum atomic E-state index is 11.1. The number of hydrogen-bond donors (Lipinski definition) is 2. The van der Waals surface area contributed by atoms with Crippen molar-refractivity contribution in [1.29, 1.82) is 0 Å². The van der Waals surface area contributed by atoms with Gasteiger partial charge in [-0.15, -0.1) is 0 Å². The predicted molar refractivity (Wildman–Crippen MR) is 73.0 cm³/mol. The molecule has 2 N–H and O–H groups in total. The molecule has 1 heterocycles. The van der Waals surface area contributed by atoms with E-state index in [1.807, 2.05) is 0 Å². The molecule has 9 heteroatoms. The number of nitro benzene ring substituents is 1. The number of nitro groups is 1. The third-order valence-corrected chi connectivity index (χ3v) is 2.99. The Morgan fingerprint density at radius 2 is 2.19 bits per heavy atom. The van der Waals surface area contributed by atoms with Crippen LogP contribution >= 0.6 is 11.6 Å². The number of rotatable bonds is 5. The number of aliphatic hydroxyl groups excluding tert-OH is 1. The van der Waals surface area contributed by atoms with E-state index >= 15 is 0 Å². The van der Waals surface area contributed by atoms with Crippen molar-refractivity contribution in [1.82, 2.24) is 9.78 Å². The van der Waals surface area contributed by atoms with E-state index in [2.05, 4.69) is 5.10 Å². The first-order chi connectivity index (χ1) is 9.93. The summed E-state index contributed by atoms with van der Waals surface area (Å²) in [5, 5.41) is 33.1. The molecule has 8 nitrogen and oxygen atoms in total. The molecule has 21 heavy (non-hydrogen) atoms. The molecule has 0 atom stereocenters. The molecular formula is C12H10ClN3O5. The fraction of sp³-hybridized carbons (Fsp3) is 0.167. The Kier molecular flexibility index (Phi) is 4.20. The topological polar surface area (TPSA) is 118 Å². The van der Waals surface area contributed by atoms with Crippen molar-refractivity contribution in [3.05, 3.63) is 50.8 Å². The zero-order valence-electron chi connectivity index (χ0n) is 10.6. The van der Waals surface area contributed by atoms with Gasteiger partial charge in [-0.1, -0.05) is 11.6 Å². The highest BCUT2D eigenvalue weighted by atomic mass is 35.5. The average molecular weight is 312 g/mol. The van der Waals surface area contributed by atoms with Gasteiger partial charge in [-0.2, -0.15) is 5.10 Å². The van der Waals surface area contributed by atoms with E-state index in [4.69, 9.17) is 21.8 Å². The summed E-state index contributed by atoms with van der Waals surface area (Å²) in [6.45, 7) is -0.260. The Balaban J connectivity index is 2.61. The normalized spacial score (nSPS) is 10.6. The Hall–Kier alpha value is -2.45. The lowest BCUT2D eigenvalue weighted by atomic mass is 10.2. The lowest BCUT2D eigenvalue weighted by molar-refractivity contribution is -0.384. The van der Waals surface area contributed by atoms with E-state index in [0.717, 1.165) is 4.68 Å². The van der Waals surface area contributed by atoms with Gasteiger partial charge in [0.1, 0.15) is 5.69 Å². The van der Waals surface area contributed by atoms with Crippen molar-refractivity contribution in [2.24, 2.45) is 0 Å². The van der Waals surface area contributed by atoms with Crippen molar-refractivity contribution >= 4 is 23.3 Å². The fourth-order valence-electron chi connectivity index (χ4n) is 1.85. The molecule has 110 valence electrons. The standard InChI is InChI=1S/C12H10ClN3O5/c13-8-1-2-9(16(20)21)10(5-8)15-6-7(3-4-17)11(14-15)12(18)19/h1-2,5-6,17H,3-4H2,(H,18,19). The summed E-state index contributed by atoms with van der Waals surface area (Å²) in [4.78, 5) is 21.5. The van der Waals surface area contributed by atoms with E-state index in [0.29, 0.717) is 0 Å². The van der Waals surface area contributed by atoms with Crippen LogP contribution in [0.2, 0.25) is 5.02 Å². The third-order valence-electron chi connectivity index (χ3n) is 2.75. The van der Waals surface area contributed by atoms with Gasteiger partial charge in [-0.25, -0.2) is 9.48 Å². The van der Waals surface area contributed by atoms with Crippen LogP contribution in [0.15, 0.2) is 24.4 Å². The van der Waals surface area contributed by atoms with Crippen molar-refractivity contribution in [2.75, 3.05) is 6.61 Å². The zero-order chi connectivity index (χ0) is 15.6. The predicted octanol–water partition coefficient (Wildman–Crippen LogP) is 1.67. The molecule has 2 aromatic rings. The Morgan fingerprint density at radius 3 is 2.76 bits per heavy atom. The molecule has 0 saturated carbocycles. The van der Waals surface area contributed by atoms with Crippen LogP contribution in [-0.4, -0.2) is 37.5 Å². The van der Waals surface area contributed by atoms with Gasteiger partial charge >= 0.3 is 5.97 Å². The molecule has 0 unspecified atom stereocenters. The molecule has 2 rings (SSSR count). The second kappa shape index (κ2) is 5.90. The molecule has 0 saturated heterocycles. The van der Waals surface area contributed by atoms with Crippen molar-refractivity contribution < 1.29 is 19.9 Å². The highest BCUT2D eigenvalue weighted by Gasteiger charge is 2.21. The molecule has 0 radical (unpaired) electrons. The summed E-state index contributed by atoms with van der Waals surface area (Å²) >= 11 is 5.82. The van der Waals surface area contributed by atoms with Crippen LogP contribution in [0.5, 0.6) is 0 Å². The number of carboxylic acid groups (broad SMARTS) is 1. The Morgan fingerprint density at radius 1 is 1.48 bits per heavy atom. The van der Waals surface area contributed by atoms with E-state index in [1.54, 1.807) is 0 Å². The number of hydrogen-bond acceptors (Lipinski definition) is 5. The number of carbonyl (C=O) groups is 1.